The first-order valence-corrected chi connectivity index (χ1v) is 27.7. The van der Waals surface area contributed by atoms with Gasteiger partial charge in [-0.2, -0.15) is 8.78 Å². The molecule has 0 atom stereocenters. The first-order chi connectivity index (χ1) is 38.0. The predicted molar refractivity (Wildman–Crippen MR) is 302 cm³/mol. The standard InChI is InChI=1S/C25H30F4O.C22H26F2O.C20H18O4/c1-3-5-16-6-8-17(9-7-16)20-14-12-18(22(26)24(20)28)10-11-19-13-15-21(30-4-2)25(29)23(19)27;1-3-15-5-7-16(8-6-15)17-9-11-18(12-10-17)19-13-14-20(25-4-2)22(24)21(19)23;1-13(2)19(21)23-17-9-5-15(6-10-17)16-7-11-18(12-8-16)24-20(22)14(3)4/h12-17H,3-11H2,1-2H3;9-16H,3-8H2,1-2H3;5-12H,1,3H2,2,4H3. The van der Waals surface area contributed by atoms with Crippen LogP contribution in [0.4, 0.5) is 26.3 Å². The van der Waals surface area contributed by atoms with Gasteiger partial charge in [0.15, 0.2) is 34.8 Å². The Bertz CT molecular complexity index is 2920. The summed E-state index contributed by atoms with van der Waals surface area (Å²) in [6, 6.07) is 31.3. The third-order valence-electron chi connectivity index (χ3n) is 14.9. The maximum Gasteiger partial charge on any atom is 0.338 e. The molecule has 0 amide bonds. The smallest absolute Gasteiger partial charge is 0.338 e. The molecular weight excluding hydrogens is 1010 g/mol. The molecular formula is C67H74F6O6. The predicted octanol–water partition coefficient (Wildman–Crippen LogP) is 18.5. The second-order valence-corrected chi connectivity index (χ2v) is 20.5. The van der Waals surface area contributed by atoms with E-state index in [0.717, 1.165) is 49.1 Å². The fraction of sp³-hybridized carbons (Fsp3) is 0.373. The van der Waals surface area contributed by atoms with E-state index in [4.69, 9.17) is 18.9 Å². The lowest BCUT2D eigenvalue weighted by molar-refractivity contribution is -0.130. The summed E-state index contributed by atoms with van der Waals surface area (Å²) in [4.78, 5) is 22.9. The Balaban J connectivity index is 0.000000193. The topological polar surface area (TPSA) is 71.1 Å². The Morgan fingerprint density at radius 1 is 0.468 bits per heavy atom. The van der Waals surface area contributed by atoms with Crippen molar-refractivity contribution in [2.45, 2.75) is 137 Å². The number of hydrogen-bond donors (Lipinski definition) is 0. The normalized spacial score (nSPS) is 16.8. The number of aryl methyl sites for hydroxylation is 2. The highest BCUT2D eigenvalue weighted by Crippen LogP contribution is 2.41. The first-order valence-electron chi connectivity index (χ1n) is 27.7. The van der Waals surface area contributed by atoms with Gasteiger partial charge < -0.3 is 18.9 Å². The number of carbonyl (C=O) groups excluding carboxylic acids is 2. The van der Waals surface area contributed by atoms with Crippen LogP contribution >= 0.6 is 0 Å². The SMILES string of the molecule is C=C(C)C(=O)Oc1ccc(-c2ccc(OC(=O)C(=C)C)cc2)cc1.CCCC1CCC(c2ccc(CCc3ccc(OCC)c(F)c3F)c(F)c2F)CC1.CCOc1ccc(-c2ccc(C3CCC(CC)CC3)cc2)c(F)c1F. The third kappa shape index (κ3) is 16.7. The van der Waals surface area contributed by atoms with Crippen molar-refractivity contribution in [2.24, 2.45) is 11.8 Å². The molecule has 0 heterocycles. The molecule has 0 saturated heterocycles. The van der Waals surface area contributed by atoms with E-state index in [1.807, 2.05) is 36.4 Å². The van der Waals surface area contributed by atoms with E-state index in [-0.39, 0.29) is 53.6 Å². The van der Waals surface area contributed by atoms with E-state index in [9.17, 15) is 35.9 Å². The van der Waals surface area contributed by atoms with Gasteiger partial charge in [-0.25, -0.2) is 27.2 Å². The van der Waals surface area contributed by atoms with Crippen molar-refractivity contribution in [1.29, 1.82) is 0 Å². The van der Waals surface area contributed by atoms with Crippen molar-refractivity contribution in [3.63, 3.8) is 0 Å². The highest BCUT2D eigenvalue weighted by molar-refractivity contribution is 5.89. The number of esters is 2. The van der Waals surface area contributed by atoms with Crippen LogP contribution in [-0.4, -0.2) is 25.2 Å². The quantitative estimate of drug-likeness (QED) is 0.0370. The van der Waals surface area contributed by atoms with Gasteiger partial charge in [0.1, 0.15) is 11.5 Å². The maximum absolute atomic E-state index is 14.8. The summed E-state index contributed by atoms with van der Waals surface area (Å²) in [5.74, 6) is -3.41. The average molecular weight is 1090 g/mol. The van der Waals surface area contributed by atoms with Crippen LogP contribution in [0, 0.1) is 46.7 Å². The second-order valence-electron chi connectivity index (χ2n) is 20.5. The largest absolute Gasteiger partial charge is 0.491 e. The van der Waals surface area contributed by atoms with E-state index in [1.54, 1.807) is 70.2 Å². The Morgan fingerprint density at radius 2 is 0.899 bits per heavy atom. The van der Waals surface area contributed by atoms with Crippen molar-refractivity contribution in [3.8, 4) is 45.3 Å². The van der Waals surface area contributed by atoms with E-state index in [1.165, 1.54) is 62.3 Å². The van der Waals surface area contributed by atoms with Gasteiger partial charge in [-0.3, -0.25) is 0 Å². The van der Waals surface area contributed by atoms with Gasteiger partial charge in [0.05, 0.1) is 13.2 Å². The van der Waals surface area contributed by atoms with Crippen LogP contribution in [0.5, 0.6) is 23.0 Å². The summed E-state index contributed by atoms with van der Waals surface area (Å²) in [6.07, 6.45) is 12.7. The minimum Gasteiger partial charge on any atom is -0.491 e. The Morgan fingerprint density at radius 3 is 1.37 bits per heavy atom. The molecule has 6 aromatic carbocycles. The summed E-state index contributed by atoms with van der Waals surface area (Å²) in [5.41, 5.74) is 5.63. The second kappa shape index (κ2) is 29.8. The zero-order valence-electron chi connectivity index (χ0n) is 46.4. The van der Waals surface area contributed by atoms with Crippen LogP contribution in [0.3, 0.4) is 0 Å². The van der Waals surface area contributed by atoms with Gasteiger partial charge in [0.25, 0.3) is 0 Å². The molecule has 0 spiro atoms. The molecule has 0 bridgehead atoms. The van der Waals surface area contributed by atoms with Gasteiger partial charge in [-0.15, -0.1) is 0 Å². The van der Waals surface area contributed by atoms with Crippen molar-refractivity contribution in [1.82, 2.24) is 0 Å². The Labute approximate surface area is 462 Å². The van der Waals surface area contributed by atoms with Gasteiger partial charge in [-0.05, 0) is 197 Å². The van der Waals surface area contributed by atoms with Gasteiger partial charge in [0.2, 0.25) is 11.6 Å². The van der Waals surface area contributed by atoms with Crippen LogP contribution in [0.25, 0.3) is 22.3 Å². The van der Waals surface area contributed by atoms with Crippen molar-refractivity contribution in [3.05, 3.63) is 191 Å². The van der Waals surface area contributed by atoms with Crippen molar-refractivity contribution >= 4 is 11.9 Å². The average Bonchev–Trinajstić information content (AvgIpc) is 3.47. The van der Waals surface area contributed by atoms with Crippen LogP contribution in [0.2, 0.25) is 0 Å². The van der Waals surface area contributed by atoms with Crippen LogP contribution in [-0.2, 0) is 22.4 Å². The van der Waals surface area contributed by atoms with E-state index >= 15 is 0 Å². The van der Waals surface area contributed by atoms with Gasteiger partial charge in [0, 0.05) is 16.7 Å². The summed E-state index contributed by atoms with van der Waals surface area (Å²) >= 11 is 0. The molecule has 79 heavy (non-hydrogen) atoms. The maximum atomic E-state index is 14.8. The molecule has 6 aromatic rings. The summed E-state index contributed by atoms with van der Waals surface area (Å²) in [5, 5.41) is 0. The van der Waals surface area contributed by atoms with Crippen LogP contribution < -0.4 is 18.9 Å². The fourth-order valence-electron chi connectivity index (χ4n) is 10.3. The fourth-order valence-corrected chi connectivity index (χ4v) is 10.3. The molecule has 0 radical (unpaired) electrons. The van der Waals surface area contributed by atoms with E-state index in [0.29, 0.717) is 52.2 Å². The molecule has 12 heteroatoms. The molecule has 2 fully saturated rings. The minimum atomic E-state index is -1.05. The molecule has 0 aliphatic heterocycles. The molecule has 2 aliphatic rings. The lowest BCUT2D eigenvalue weighted by Crippen LogP contribution is -2.15. The van der Waals surface area contributed by atoms with Gasteiger partial charge >= 0.3 is 11.9 Å². The molecule has 2 saturated carbocycles. The van der Waals surface area contributed by atoms with E-state index < -0.39 is 46.8 Å². The zero-order valence-corrected chi connectivity index (χ0v) is 46.4. The lowest BCUT2D eigenvalue weighted by atomic mass is 9.77. The van der Waals surface area contributed by atoms with Crippen molar-refractivity contribution in [2.75, 3.05) is 13.2 Å². The van der Waals surface area contributed by atoms with Crippen LogP contribution in [0.1, 0.15) is 146 Å². The summed E-state index contributed by atoms with van der Waals surface area (Å²) < 4.78 is 107. The number of rotatable bonds is 18. The minimum absolute atomic E-state index is 0.0342. The number of benzene rings is 6. The third-order valence-corrected chi connectivity index (χ3v) is 14.9. The van der Waals surface area contributed by atoms with E-state index in [2.05, 4.69) is 39.1 Å². The molecule has 0 aromatic heterocycles. The summed E-state index contributed by atoms with van der Waals surface area (Å²) in [6.45, 7) is 18.7. The highest BCUT2D eigenvalue weighted by Gasteiger charge is 2.27. The summed E-state index contributed by atoms with van der Waals surface area (Å²) in [7, 11) is 0. The first kappa shape index (κ1) is 61.1. The number of carbonyl (C=O) groups is 2. The Hall–Kier alpha value is -7.08. The molecule has 2 aliphatic carbocycles. The zero-order chi connectivity index (χ0) is 57.2. The Kier molecular flexibility index (Phi) is 23.0. The lowest BCUT2D eigenvalue weighted by Gasteiger charge is -2.29. The molecule has 0 unspecified atom stereocenters. The van der Waals surface area contributed by atoms with Gasteiger partial charge in [-0.1, -0.05) is 113 Å². The number of halogens is 6. The molecule has 0 N–H and O–H groups in total. The molecule has 6 nitrogen and oxygen atoms in total. The monoisotopic (exact) mass is 1090 g/mol. The number of ether oxygens (including phenoxy) is 4. The molecule has 8 rings (SSSR count). The van der Waals surface area contributed by atoms with Crippen molar-refractivity contribution < 1.29 is 54.9 Å². The molecule has 420 valence electrons. The highest BCUT2D eigenvalue weighted by atomic mass is 19.2. The van der Waals surface area contributed by atoms with Crippen LogP contribution in [0.15, 0.2) is 133 Å². The number of hydrogen-bond acceptors (Lipinski definition) is 6.